The molecule has 0 saturated heterocycles. The van der Waals surface area contributed by atoms with Crippen molar-refractivity contribution in [2.24, 2.45) is 0 Å². The van der Waals surface area contributed by atoms with Crippen molar-refractivity contribution in [2.75, 3.05) is 10.6 Å². The average molecular weight is 338 g/mol. The van der Waals surface area contributed by atoms with Gasteiger partial charge in [0.15, 0.2) is 0 Å². The molecule has 0 fully saturated rings. The highest BCUT2D eigenvalue weighted by molar-refractivity contribution is 6.04. The van der Waals surface area contributed by atoms with Crippen LogP contribution < -0.4 is 10.6 Å². The Morgan fingerprint density at radius 3 is 2.56 bits per heavy atom. The Kier molecular flexibility index (Phi) is 4.56. The van der Waals surface area contributed by atoms with E-state index in [4.69, 9.17) is 0 Å². The third-order valence-electron chi connectivity index (χ3n) is 3.40. The van der Waals surface area contributed by atoms with Crippen LogP contribution >= 0.6 is 0 Å². The van der Waals surface area contributed by atoms with Crippen molar-refractivity contribution in [3.05, 3.63) is 72.3 Å². The Balaban J connectivity index is 1.79. The number of nitrogens with zero attached hydrogens (tertiary/aromatic N) is 2. The monoisotopic (exact) mass is 338 g/mol. The van der Waals surface area contributed by atoms with E-state index in [9.17, 15) is 14.0 Å². The van der Waals surface area contributed by atoms with Gasteiger partial charge in [0, 0.05) is 18.8 Å². The van der Waals surface area contributed by atoms with Gasteiger partial charge in [0.2, 0.25) is 5.91 Å². The summed E-state index contributed by atoms with van der Waals surface area (Å²) in [6.45, 7) is 1.35. The van der Waals surface area contributed by atoms with Gasteiger partial charge in [-0.1, -0.05) is 18.2 Å². The number of anilines is 2. The van der Waals surface area contributed by atoms with Crippen molar-refractivity contribution in [3.63, 3.8) is 0 Å². The number of nitrogens with one attached hydrogen (secondary N) is 2. The van der Waals surface area contributed by atoms with E-state index in [1.807, 2.05) is 30.3 Å². The number of benzene rings is 2. The fourth-order valence-electron chi connectivity index (χ4n) is 2.26. The highest BCUT2D eigenvalue weighted by Gasteiger charge is 2.13. The van der Waals surface area contributed by atoms with Gasteiger partial charge in [-0.25, -0.2) is 9.07 Å². The summed E-state index contributed by atoms with van der Waals surface area (Å²) in [6, 6.07) is 13.3. The minimum absolute atomic E-state index is 0.0243. The maximum absolute atomic E-state index is 13.9. The number of rotatable bonds is 4. The number of halogens is 1. The number of para-hydroxylation sites is 1. The maximum Gasteiger partial charge on any atom is 0.258 e. The zero-order chi connectivity index (χ0) is 17.8. The lowest BCUT2D eigenvalue weighted by Crippen LogP contribution is -2.13. The summed E-state index contributed by atoms with van der Waals surface area (Å²) in [5.74, 6) is -1.38. The van der Waals surface area contributed by atoms with Crippen LogP contribution in [-0.2, 0) is 4.79 Å². The van der Waals surface area contributed by atoms with Crippen LogP contribution in [0.2, 0.25) is 0 Å². The van der Waals surface area contributed by atoms with Crippen molar-refractivity contribution in [2.45, 2.75) is 6.92 Å². The molecule has 0 saturated carbocycles. The van der Waals surface area contributed by atoms with Crippen LogP contribution in [0.25, 0.3) is 5.69 Å². The van der Waals surface area contributed by atoms with Gasteiger partial charge in [-0.2, -0.15) is 5.10 Å². The number of hydrogen-bond donors (Lipinski definition) is 2. The Morgan fingerprint density at radius 2 is 1.84 bits per heavy atom. The molecule has 0 aliphatic carbocycles. The van der Waals surface area contributed by atoms with E-state index in [0.717, 1.165) is 5.69 Å². The smallest absolute Gasteiger partial charge is 0.258 e. The molecule has 1 aromatic heterocycles. The number of aromatic nitrogens is 2. The van der Waals surface area contributed by atoms with Crippen LogP contribution in [0.15, 0.2) is 60.9 Å². The zero-order valence-corrected chi connectivity index (χ0v) is 13.4. The lowest BCUT2D eigenvalue weighted by Gasteiger charge is -2.08. The molecule has 0 unspecified atom stereocenters. The van der Waals surface area contributed by atoms with E-state index < -0.39 is 11.7 Å². The van der Waals surface area contributed by atoms with Gasteiger partial charge >= 0.3 is 0 Å². The van der Waals surface area contributed by atoms with Gasteiger partial charge in [0.05, 0.1) is 23.1 Å². The van der Waals surface area contributed by atoms with Crippen molar-refractivity contribution in [1.29, 1.82) is 0 Å². The predicted molar refractivity (Wildman–Crippen MR) is 92.2 cm³/mol. The molecule has 0 aliphatic heterocycles. The van der Waals surface area contributed by atoms with Crippen LogP contribution in [0.1, 0.15) is 17.3 Å². The summed E-state index contributed by atoms with van der Waals surface area (Å²) < 4.78 is 15.5. The topological polar surface area (TPSA) is 76.0 Å². The molecule has 2 N–H and O–H groups in total. The van der Waals surface area contributed by atoms with Gasteiger partial charge < -0.3 is 10.6 Å². The zero-order valence-electron chi connectivity index (χ0n) is 13.4. The summed E-state index contributed by atoms with van der Waals surface area (Å²) in [5, 5.41) is 9.16. The van der Waals surface area contributed by atoms with E-state index in [2.05, 4.69) is 15.7 Å². The SMILES string of the molecule is CC(=O)Nc1ccc(F)c(NC(=O)c2cnn(-c3ccccc3)c2)c1. The van der Waals surface area contributed by atoms with Gasteiger partial charge in [0.1, 0.15) is 5.82 Å². The van der Waals surface area contributed by atoms with Crippen LogP contribution in [0, 0.1) is 5.82 Å². The molecule has 126 valence electrons. The Hall–Kier alpha value is -3.48. The first kappa shape index (κ1) is 16.4. The number of amides is 2. The van der Waals surface area contributed by atoms with E-state index in [1.165, 1.54) is 31.3 Å². The predicted octanol–water partition coefficient (Wildman–Crippen LogP) is 3.22. The fraction of sp³-hybridized carbons (Fsp3) is 0.0556. The first-order chi connectivity index (χ1) is 12.0. The number of hydrogen-bond acceptors (Lipinski definition) is 3. The number of carbonyl (C=O) groups is 2. The first-order valence-electron chi connectivity index (χ1n) is 7.51. The minimum Gasteiger partial charge on any atom is -0.326 e. The largest absolute Gasteiger partial charge is 0.326 e. The minimum atomic E-state index is -0.599. The molecular weight excluding hydrogens is 323 g/mol. The van der Waals surface area contributed by atoms with Gasteiger partial charge in [-0.3, -0.25) is 9.59 Å². The molecular formula is C18H15FN4O2. The molecule has 6 nitrogen and oxygen atoms in total. The highest BCUT2D eigenvalue weighted by Crippen LogP contribution is 2.20. The molecule has 3 rings (SSSR count). The van der Waals surface area contributed by atoms with Gasteiger partial charge in [-0.05, 0) is 30.3 Å². The summed E-state index contributed by atoms with van der Waals surface area (Å²) in [7, 11) is 0. The molecule has 0 radical (unpaired) electrons. The van der Waals surface area contributed by atoms with E-state index in [-0.39, 0.29) is 17.2 Å². The normalized spacial score (nSPS) is 10.3. The number of carbonyl (C=O) groups excluding carboxylic acids is 2. The molecule has 0 aliphatic rings. The van der Waals surface area contributed by atoms with Gasteiger partial charge in [-0.15, -0.1) is 0 Å². The molecule has 7 heteroatoms. The van der Waals surface area contributed by atoms with Crippen LogP contribution in [0.3, 0.4) is 0 Å². The maximum atomic E-state index is 13.9. The van der Waals surface area contributed by atoms with Crippen LogP contribution in [0.5, 0.6) is 0 Å². The highest BCUT2D eigenvalue weighted by atomic mass is 19.1. The summed E-state index contributed by atoms with van der Waals surface area (Å²) in [5.41, 5.74) is 1.46. The Bertz CT molecular complexity index is 922. The Morgan fingerprint density at radius 1 is 1.08 bits per heavy atom. The van der Waals surface area contributed by atoms with Crippen LogP contribution in [-0.4, -0.2) is 21.6 Å². The lowest BCUT2D eigenvalue weighted by molar-refractivity contribution is -0.114. The van der Waals surface area contributed by atoms with Crippen molar-refractivity contribution in [1.82, 2.24) is 9.78 Å². The third-order valence-corrected chi connectivity index (χ3v) is 3.40. The standard InChI is InChI=1S/C18H15FN4O2/c1-12(24)21-14-7-8-16(19)17(9-14)22-18(25)13-10-20-23(11-13)15-5-3-2-4-6-15/h2-11H,1H3,(H,21,24)(H,22,25). The molecule has 2 aromatic carbocycles. The Labute approximate surface area is 143 Å². The molecule has 1 heterocycles. The second kappa shape index (κ2) is 6.96. The summed E-state index contributed by atoms with van der Waals surface area (Å²) in [6.07, 6.45) is 2.96. The van der Waals surface area contributed by atoms with E-state index >= 15 is 0 Å². The average Bonchev–Trinajstić information content (AvgIpc) is 3.08. The van der Waals surface area contributed by atoms with Crippen LogP contribution in [0.4, 0.5) is 15.8 Å². The van der Waals surface area contributed by atoms with Gasteiger partial charge in [0.25, 0.3) is 5.91 Å². The molecule has 0 bridgehead atoms. The second-order valence-corrected chi connectivity index (χ2v) is 5.34. The molecule has 3 aromatic rings. The van der Waals surface area contributed by atoms with E-state index in [0.29, 0.717) is 5.69 Å². The van der Waals surface area contributed by atoms with Crippen molar-refractivity contribution >= 4 is 23.2 Å². The second-order valence-electron chi connectivity index (χ2n) is 5.34. The third kappa shape index (κ3) is 3.89. The molecule has 0 atom stereocenters. The fourth-order valence-corrected chi connectivity index (χ4v) is 2.26. The van der Waals surface area contributed by atoms with Crippen molar-refractivity contribution < 1.29 is 14.0 Å². The first-order valence-corrected chi connectivity index (χ1v) is 7.51. The quantitative estimate of drug-likeness (QED) is 0.767. The summed E-state index contributed by atoms with van der Waals surface area (Å²) in [4.78, 5) is 23.4. The molecule has 25 heavy (non-hydrogen) atoms. The lowest BCUT2D eigenvalue weighted by atomic mass is 10.2. The summed E-state index contributed by atoms with van der Waals surface area (Å²) >= 11 is 0. The van der Waals surface area contributed by atoms with Crippen molar-refractivity contribution in [3.8, 4) is 5.69 Å². The molecule has 2 amide bonds. The van der Waals surface area contributed by atoms with E-state index in [1.54, 1.807) is 10.9 Å². The molecule has 0 spiro atoms.